The average molecular weight is 498 g/mol. The van der Waals surface area contributed by atoms with Crippen molar-refractivity contribution >= 4 is 31.4 Å². The highest BCUT2D eigenvalue weighted by Gasteiger charge is 2.33. The third-order valence-electron chi connectivity index (χ3n) is 5.91. The monoisotopic (exact) mass is 497 g/mol. The lowest BCUT2D eigenvalue weighted by Gasteiger charge is -2.36. The fraction of sp³-hybridized carbons (Fsp3) is 0.455. The Bertz CT molecular complexity index is 1200. The Kier molecular flexibility index (Phi) is 6.83. The Hall–Kier alpha value is -2.37. The van der Waals surface area contributed by atoms with Crippen molar-refractivity contribution in [3.63, 3.8) is 0 Å². The molecular formula is C22H28FN3O5S2. The molecule has 0 amide bonds. The molecule has 2 heterocycles. The highest BCUT2D eigenvalue weighted by molar-refractivity contribution is 7.92. The van der Waals surface area contributed by atoms with Crippen LogP contribution in [0.1, 0.15) is 19.8 Å². The number of halogens is 1. The van der Waals surface area contributed by atoms with Crippen LogP contribution in [0.5, 0.6) is 5.75 Å². The first-order chi connectivity index (χ1) is 15.7. The summed E-state index contributed by atoms with van der Waals surface area (Å²) >= 11 is 0. The molecule has 2 fully saturated rings. The fourth-order valence-electron chi connectivity index (χ4n) is 4.18. The number of anilines is 2. The molecule has 0 atom stereocenters. The Labute approximate surface area is 194 Å². The minimum atomic E-state index is -3.93. The van der Waals surface area contributed by atoms with E-state index in [-0.39, 0.29) is 41.9 Å². The summed E-state index contributed by atoms with van der Waals surface area (Å²) in [7, 11) is -7.40. The highest BCUT2D eigenvalue weighted by atomic mass is 32.2. The number of rotatable bonds is 6. The molecule has 0 spiro atoms. The Balaban J connectivity index is 1.60. The van der Waals surface area contributed by atoms with Crippen LogP contribution in [0.3, 0.4) is 0 Å². The Morgan fingerprint density at radius 3 is 2.24 bits per heavy atom. The number of hydrogen-bond donors (Lipinski definition) is 0. The van der Waals surface area contributed by atoms with Gasteiger partial charge in [-0.15, -0.1) is 0 Å². The topological polar surface area (TPSA) is 87.2 Å². The van der Waals surface area contributed by atoms with Crippen molar-refractivity contribution in [1.82, 2.24) is 4.31 Å². The van der Waals surface area contributed by atoms with Gasteiger partial charge in [-0.1, -0.05) is 0 Å². The summed E-state index contributed by atoms with van der Waals surface area (Å²) in [5.41, 5.74) is 1.17. The first kappa shape index (κ1) is 23.8. The molecule has 0 bridgehead atoms. The summed E-state index contributed by atoms with van der Waals surface area (Å²) in [6, 6.07) is 10.7. The molecule has 8 nitrogen and oxygen atoms in total. The van der Waals surface area contributed by atoms with Crippen LogP contribution >= 0.6 is 0 Å². The van der Waals surface area contributed by atoms with Crippen LogP contribution in [0.2, 0.25) is 0 Å². The van der Waals surface area contributed by atoms with Gasteiger partial charge in [-0.2, -0.15) is 4.31 Å². The van der Waals surface area contributed by atoms with Gasteiger partial charge in [-0.3, -0.25) is 4.31 Å². The molecule has 0 N–H and O–H groups in total. The lowest BCUT2D eigenvalue weighted by atomic mass is 10.2. The van der Waals surface area contributed by atoms with E-state index in [9.17, 15) is 21.2 Å². The number of ether oxygens (including phenoxy) is 1. The van der Waals surface area contributed by atoms with E-state index in [1.807, 2.05) is 4.90 Å². The molecule has 2 aromatic carbocycles. The van der Waals surface area contributed by atoms with Crippen molar-refractivity contribution in [1.29, 1.82) is 0 Å². The van der Waals surface area contributed by atoms with Gasteiger partial charge in [0.25, 0.3) is 0 Å². The third-order valence-corrected chi connectivity index (χ3v) is 9.70. The maximum Gasteiger partial charge on any atom is 0.246 e. The standard InChI is InChI=1S/C22H28FN3O5S2/c1-2-31-21-10-9-20(26-11-3-4-16-32(26,27)28)17-22(21)33(29,30)25-14-12-24(13-15-25)19-7-5-18(23)6-8-19/h5-10,17H,2-4,11-16H2,1H3. The van der Waals surface area contributed by atoms with E-state index in [4.69, 9.17) is 4.74 Å². The van der Waals surface area contributed by atoms with Crippen molar-refractivity contribution in [2.24, 2.45) is 0 Å². The SMILES string of the molecule is CCOc1ccc(N2CCCCS2(=O)=O)cc1S(=O)(=O)N1CCN(c2ccc(F)cc2)CC1. The van der Waals surface area contributed by atoms with E-state index in [0.29, 0.717) is 31.7 Å². The van der Waals surface area contributed by atoms with Crippen molar-refractivity contribution in [2.45, 2.75) is 24.7 Å². The maximum absolute atomic E-state index is 13.6. The van der Waals surface area contributed by atoms with Crippen LogP contribution in [-0.4, -0.2) is 66.2 Å². The molecule has 0 radical (unpaired) electrons. The van der Waals surface area contributed by atoms with E-state index in [2.05, 4.69) is 0 Å². The minimum Gasteiger partial charge on any atom is -0.492 e. The summed E-state index contributed by atoms with van der Waals surface area (Å²) in [6.45, 7) is 3.77. The van der Waals surface area contributed by atoms with E-state index in [1.165, 1.54) is 32.9 Å². The largest absolute Gasteiger partial charge is 0.492 e. The van der Waals surface area contributed by atoms with Gasteiger partial charge < -0.3 is 9.64 Å². The molecule has 0 aromatic heterocycles. The van der Waals surface area contributed by atoms with Crippen LogP contribution in [0.15, 0.2) is 47.4 Å². The van der Waals surface area contributed by atoms with Crippen LogP contribution in [0, 0.1) is 5.82 Å². The number of hydrogen-bond acceptors (Lipinski definition) is 6. The predicted molar refractivity (Wildman–Crippen MR) is 125 cm³/mol. The van der Waals surface area contributed by atoms with Gasteiger partial charge >= 0.3 is 0 Å². The van der Waals surface area contributed by atoms with Gasteiger partial charge in [0.2, 0.25) is 20.0 Å². The molecule has 2 aliphatic rings. The van der Waals surface area contributed by atoms with Gasteiger partial charge in [0.15, 0.2) is 0 Å². The number of benzene rings is 2. The van der Waals surface area contributed by atoms with E-state index in [1.54, 1.807) is 25.1 Å². The van der Waals surface area contributed by atoms with E-state index < -0.39 is 20.0 Å². The molecule has 2 aliphatic heterocycles. The van der Waals surface area contributed by atoms with Gasteiger partial charge in [-0.05, 0) is 62.2 Å². The van der Waals surface area contributed by atoms with Crippen LogP contribution in [-0.2, 0) is 20.0 Å². The summed E-state index contributed by atoms with van der Waals surface area (Å²) in [5, 5.41) is 0. The van der Waals surface area contributed by atoms with Gasteiger partial charge in [-0.25, -0.2) is 21.2 Å². The van der Waals surface area contributed by atoms with Crippen molar-refractivity contribution in [3.8, 4) is 5.75 Å². The summed E-state index contributed by atoms with van der Waals surface area (Å²) in [4.78, 5) is 1.98. The number of nitrogens with zero attached hydrogens (tertiary/aromatic N) is 3. The van der Waals surface area contributed by atoms with Gasteiger partial charge in [0.05, 0.1) is 18.0 Å². The zero-order chi connectivity index (χ0) is 23.6. The van der Waals surface area contributed by atoms with Crippen LogP contribution in [0.25, 0.3) is 0 Å². The third kappa shape index (κ3) is 4.95. The first-order valence-electron chi connectivity index (χ1n) is 11.0. The molecule has 0 saturated carbocycles. The van der Waals surface area contributed by atoms with Crippen molar-refractivity contribution in [3.05, 3.63) is 48.3 Å². The highest BCUT2D eigenvalue weighted by Crippen LogP contribution is 2.34. The minimum absolute atomic E-state index is 0.0298. The molecule has 0 aliphatic carbocycles. The molecular weight excluding hydrogens is 469 g/mol. The second kappa shape index (κ2) is 9.47. The zero-order valence-corrected chi connectivity index (χ0v) is 20.1. The fourth-order valence-corrected chi connectivity index (χ4v) is 7.39. The molecule has 33 heavy (non-hydrogen) atoms. The van der Waals surface area contributed by atoms with E-state index in [0.717, 1.165) is 12.1 Å². The van der Waals surface area contributed by atoms with Crippen molar-refractivity contribution in [2.75, 3.05) is 54.3 Å². The molecule has 2 saturated heterocycles. The predicted octanol–water partition coefficient (Wildman–Crippen LogP) is 2.67. The molecule has 4 rings (SSSR count). The van der Waals surface area contributed by atoms with Crippen molar-refractivity contribution < 1.29 is 26.0 Å². The summed E-state index contributed by atoms with van der Waals surface area (Å²) in [5.74, 6) is -0.0659. The average Bonchev–Trinajstić information content (AvgIpc) is 2.80. The second-order valence-corrected chi connectivity index (χ2v) is 11.9. The second-order valence-electron chi connectivity index (χ2n) is 8.03. The number of piperazine rings is 1. The molecule has 11 heteroatoms. The molecule has 180 valence electrons. The quantitative estimate of drug-likeness (QED) is 0.610. The van der Waals surface area contributed by atoms with Gasteiger partial charge in [0.1, 0.15) is 16.5 Å². The van der Waals surface area contributed by atoms with Gasteiger partial charge in [0, 0.05) is 38.4 Å². The van der Waals surface area contributed by atoms with E-state index >= 15 is 0 Å². The molecule has 0 unspecified atom stereocenters. The smallest absolute Gasteiger partial charge is 0.246 e. The summed E-state index contributed by atoms with van der Waals surface area (Å²) < 4.78 is 73.7. The Morgan fingerprint density at radius 2 is 1.61 bits per heavy atom. The summed E-state index contributed by atoms with van der Waals surface area (Å²) in [6.07, 6.45) is 1.32. The molecule has 2 aromatic rings. The first-order valence-corrected chi connectivity index (χ1v) is 14.1. The lowest BCUT2D eigenvalue weighted by Crippen LogP contribution is -2.48. The van der Waals surface area contributed by atoms with Crippen LogP contribution < -0.4 is 13.9 Å². The lowest BCUT2D eigenvalue weighted by molar-refractivity contribution is 0.327. The zero-order valence-electron chi connectivity index (χ0n) is 18.5. The normalized spacial score (nSPS) is 19.5. The van der Waals surface area contributed by atoms with Crippen LogP contribution in [0.4, 0.5) is 15.8 Å². The number of sulfonamides is 2. The Morgan fingerprint density at radius 1 is 0.939 bits per heavy atom. The maximum atomic E-state index is 13.6.